The average molecular weight is 284 g/mol. The molecule has 1 saturated heterocycles. The Hall–Kier alpha value is -2.17. The van der Waals surface area contributed by atoms with Gasteiger partial charge in [0.1, 0.15) is 5.82 Å². The van der Waals surface area contributed by atoms with E-state index in [-0.39, 0.29) is 11.8 Å². The second-order valence-corrected chi connectivity index (χ2v) is 5.37. The van der Waals surface area contributed by atoms with Gasteiger partial charge in [0, 0.05) is 25.6 Å². The normalized spacial score (nSPS) is 16.1. The van der Waals surface area contributed by atoms with Crippen LogP contribution in [0, 0.1) is 5.92 Å². The molecule has 1 fully saturated rings. The summed E-state index contributed by atoms with van der Waals surface area (Å²) in [6, 6.07) is 7.89. The highest BCUT2D eigenvalue weighted by atomic mass is 16.1. The van der Waals surface area contributed by atoms with Gasteiger partial charge in [-0.05, 0) is 31.9 Å². The summed E-state index contributed by atoms with van der Waals surface area (Å²) in [7, 11) is 0. The smallest absolute Gasteiger partial charge is 0.223 e. The maximum absolute atomic E-state index is 11.9. The molecule has 1 aromatic carbocycles. The second kappa shape index (κ2) is 6.08. The number of para-hydroxylation sites is 2. The van der Waals surface area contributed by atoms with Crippen LogP contribution in [0.5, 0.6) is 0 Å². The van der Waals surface area contributed by atoms with Crippen LogP contribution in [0.15, 0.2) is 30.5 Å². The molecule has 1 N–H and O–H groups in total. The Labute approximate surface area is 124 Å². The van der Waals surface area contributed by atoms with E-state index in [0.717, 1.165) is 42.8 Å². The van der Waals surface area contributed by atoms with Gasteiger partial charge in [-0.25, -0.2) is 4.98 Å². The van der Waals surface area contributed by atoms with Crippen LogP contribution in [0.25, 0.3) is 11.0 Å². The Kier molecular flexibility index (Phi) is 3.99. The molecule has 1 amide bonds. The first kappa shape index (κ1) is 13.8. The van der Waals surface area contributed by atoms with Crippen LogP contribution >= 0.6 is 0 Å². The molecule has 0 saturated carbocycles. The van der Waals surface area contributed by atoms with Gasteiger partial charge in [-0.2, -0.15) is 0 Å². The van der Waals surface area contributed by atoms with Gasteiger partial charge in [0.2, 0.25) is 5.91 Å². The molecule has 21 heavy (non-hydrogen) atoms. The molecular weight excluding hydrogens is 264 g/mol. The van der Waals surface area contributed by atoms with E-state index in [0.29, 0.717) is 6.54 Å². The first-order chi connectivity index (χ1) is 10.3. The van der Waals surface area contributed by atoms with Crippen LogP contribution in [0.2, 0.25) is 0 Å². The van der Waals surface area contributed by atoms with E-state index in [9.17, 15) is 4.79 Å². The summed E-state index contributed by atoms with van der Waals surface area (Å²) in [5.74, 6) is 1.22. The standard InChI is InChI=1S/C16H20N4O/c1-2-17-16(21)12-7-9-20(10-8-12)15-11-18-13-5-3-4-6-14(13)19-15/h3-6,11-12H,2,7-10H2,1H3,(H,17,21). The zero-order valence-electron chi connectivity index (χ0n) is 12.2. The Morgan fingerprint density at radius 2 is 2.00 bits per heavy atom. The van der Waals surface area contributed by atoms with Crippen molar-refractivity contribution < 1.29 is 4.79 Å². The van der Waals surface area contributed by atoms with Crippen molar-refractivity contribution in [1.29, 1.82) is 0 Å². The topological polar surface area (TPSA) is 58.1 Å². The highest BCUT2D eigenvalue weighted by Gasteiger charge is 2.25. The first-order valence-electron chi connectivity index (χ1n) is 7.52. The van der Waals surface area contributed by atoms with Crippen LogP contribution in [0.1, 0.15) is 19.8 Å². The molecule has 110 valence electrons. The van der Waals surface area contributed by atoms with Crippen LogP contribution in [0.4, 0.5) is 5.82 Å². The van der Waals surface area contributed by atoms with Crippen molar-refractivity contribution >= 4 is 22.8 Å². The molecule has 1 aromatic heterocycles. The van der Waals surface area contributed by atoms with Gasteiger partial charge in [-0.15, -0.1) is 0 Å². The minimum Gasteiger partial charge on any atom is -0.356 e. The van der Waals surface area contributed by atoms with Crippen molar-refractivity contribution in [1.82, 2.24) is 15.3 Å². The molecule has 0 spiro atoms. The third-order valence-electron chi connectivity index (χ3n) is 3.98. The lowest BCUT2D eigenvalue weighted by Gasteiger charge is -2.31. The zero-order chi connectivity index (χ0) is 14.7. The number of amides is 1. The highest BCUT2D eigenvalue weighted by Crippen LogP contribution is 2.22. The minimum absolute atomic E-state index is 0.134. The first-order valence-corrected chi connectivity index (χ1v) is 7.52. The predicted octanol–water partition coefficient (Wildman–Crippen LogP) is 1.98. The number of benzene rings is 1. The quantitative estimate of drug-likeness (QED) is 0.936. The molecule has 3 rings (SSSR count). The fourth-order valence-electron chi connectivity index (χ4n) is 2.79. The lowest BCUT2D eigenvalue weighted by molar-refractivity contribution is -0.125. The predicted molar refractivity (Wildman–Crippen MR) is 83.2 cm³/mol. The Morgan fingerprint density at radius 3 is 2.71 bits per heavy atom. The van der Waals surface area contributed by atoms with Crippen molar-refractivity contribution in [3.63, 3.8) is 0 Å². The number of anilines is 1. The summed E-state index contributed by atoms with van der Waals surface area (Å²) in [6.07, 6.45) is 3.58. The average Bonchev–Trinajstić information content (AvgIpc) is 2.55. The lowest BCUT2D eigenvalue weighted by atomic mass is 9.96. The molecule has 0 bridgehead atoms. The number of nitrogens with zero attached hydrogens (tertiary/aromatic N) is 3. The molecule has 0 atom stereocenters. The monoisotopic (exact) mass is 284 g/mol. The molecule has 2 heterocycles. The largest absolute Gasteiger partial charge is 0.356 e. The van der Waals surface area contributed by atoms with E-state index in [1.807, 2.05) is 37.4 Å². The van der Waals surface area contributed by atoms with Crippen LogP contribution in [-0.4, -0.2) is 35.5 Å². The van der Waals surface area contributed by atoms with Gasteiger partial charge in [0.25, 0.3) is 0 Å². The third kappa shape index (κ3) is 2.96. The fraction of sp³-hybridized carbons (Fsp3) is 0.438. The van der Waals surface area contributed by atoms with Crippen molar-refractivity contribution in [2.75, 3.05) is 24.5 Å². The van der Waals surface area contributed by atoms with Gasteiger partial charge in [0.15, 0.2) is 0 Å². The van der Waals surface area contributed by atoms with Gasteiger partial charge in [-0.1, -0.05) is 12.1 Å². The van der Waals surface area contributed by atoms with Gasteiger partial charge in [0.05, 0.1) is 17.2 Å². The SMILES string of the molecule is CCNC(=O)C1CCN(c2cnc3ccccc3n2)CC1. The molecule has 5 nitrogen and oxygen atoms in total. The molecule has 1 aliphatic rings. The molecule has 2 aromatic rings. The summed E-state index contributed by atoms with van der Waals surface area (Å²) in [6.45, 7) is 4.37. The van der Waals surface area contributed by atoms with Crippen LogP contribution in [-0.2, 0) is 4.79 Å². The second-order valence-electron chi connectivity index (χ2n) is 5.37. The number of carbonyl (C=O) groups is 1. The summed E-state index contributed by atoms with van der Waals surface area (Å²) in [4.78, 5) is 23.2. The van der Waals surface area contributed by atoms with Gasteiger partial charge < -0.3 is 10.2 Å². The number of nitrogens with one attached hydrogen (secondary N) is 1. The van der Waals surface area contributed by atoms with Crippen LogP contribution in [0.3, 0.4) is 0 Å². The Bertz CT molecular complexity index is 635. The lowest BCUT2D eigenvalue weighted by Crippen LogP contribution is -2.40. The minimum atomic E-state index is 0.134. The molecule has 5 heteroatoms. The molecule has 1 aliphatic heterocycles. The summed E-state index contributed by atoms with van der Waals surface area (Å²) in [5.41, 5.74) is 1.83. The van der Waals surface area contributed by atoms with Crippen molar-refractivity contribution in [2.24, 2.45) is 5.92 Å². The summed E-state index contributed by atoms with van der Waals surface area (Å²) < 4.78 is 0. The number of hydrogen-bond acceptors (Lipinski definition) is 4. The van der Waals surface area contributed by atoms with Crippen LogP contribution < -0.4 is 10.2 Å². The summed E-state index contributed by atoms with van der Waals surface area (Å²) in [5, 5.41) is 2.91. The number of carbonyl (C=O) groups excluding carboxylic acids is 1. The van der Waals surface area contributed by atoms with E-state index in [1.165, 1.54) is 0 Å². The van der Waals surface area contributed by atoms with Crippen molar-refractivity contribution in [2.45, 2.75) is 19.8 Å². The maximum Gasteiger partial charge on any atom is 0.223 e. The van der Waals surface area contributed by atoms with Gasteiger partial charge in [-0.3, -0.25) is 9.78 Å². The third-order valence-corrected chi connectivity index (χ3v) is 3.98. The van der Waals surface area contributed by atoms with E-state index < -0.39 is 0 Å². The Morgan fingerprint density at radius 1 is 1.29 bits per heavy atom. The number of hydrogen-bond donors (Lipinski definition) is 1. The molecular formula is C16H20N4O. The fourth-order valence-corrected chi connectivity index (χ4v) is 2.79. The van der Waals surface area contributed by atoms with E-state index in [4.69, 9.17) is 0 Å². The molecule has 0 aliphatic carbocycles. The van der Waals surface area contributed by atoms with E-state index in [1.54, 1.807) is 0 Å². The van der Waals surface area contributed by atoms with E-state index >= 15 is 0 Å². The molecule has 0 unspecified atom stereocenters. The van der Waals surface area contributed by atoms with Crippen molar-refractivity contribution in [3.05, 3.63) is 30.5 Å². The Balaban J connectivity index is 1.69. The maximum atomic E-state index is 11.9. The zero-order valence-corrected chi connectivity index (χ0v) is 12.2. The number of aromatic nitrogens is 2. The number of rotatable bonds is 3. The summed E-state index contributed by atoms with van der Waals surface area (Å²) >= 11 is 0. The highest BCUT2D eigenvalue weighted by molar-refractivity contribution is 5.79. The number of fused-ring (bicyclic) bond motifs is 1. The van der Waals surface area contributed by atoms with E-state index in [2.05, 4.69) is 20.2 Å². The van der Waals surface area contributed by atoms with Gasteiger partial charge >= 0.3 is 0 Å². The molecule has 0 radical (unpaired) electrons. The number of piperidine rings is 1. The van der Waals surface area contributed by atoms with Crippen molar-refractivity contribution in [3.8, 4) is 0 Å².